The molecular weight excluding hydrogens is 406 g/mol. The Morgan fingerprint density at radius 3 is 2.07 bits per heavy atom. The second-order valence-corrected chi connectivity index (χ2v) is 10.5. The number of benzene rings is 1. The second-order valence-electron chi connectivity index (χ2n) is 6.61. The summed E-state index contributed by atoms with van der Waals surface area (Å²) in [5, 5.41) is 0. The zero-order valence-electron chi connectivity index (χ0n) is 16.4. The molecule has 28 heavy (non-hydrogen) atoms. The molecule has 1 heterocycles. The SMILES string of the molecule is CCCN(CC(=O)N(C)C)S(=O)(=O)c1ccc(S(=O)(=O)N2CCOCC2)cc1. The number of nitrogens with zero attached hydrogens (tertiary/aromatic N) is 3. The van der Waals surface area contributed by atoms with Crippen LogP contribution in [0.2, 0.25) is 0 Å². The average molecular weight is 434 g/mol. The van der Waals surface area contributed by atoms with Gasteiger partial charge in [0, 0.05) is 33.7 Å². The van der Waals surface area contributed by atoms with Gasteiger partial charge in [-0.25, -0.2) is 16.8 Å². The van der Waals surface area contributed by atoms with Crippen LogP contribution in [0.4, 0.5) is 0 Å². The minimum absolute atomic E-state index is 0.0276. The molecule has 0 spiro atoms. The van der Waals surface area contributed by atoms with E-state index in [9.17, 15) is 21.6 Å². The molecule has 0 bridgehead atoms. The smallest absolute Gasteiger partial charge is 0.243 e. The van der Waals surface area contributed by atoms with Crippen LogP contribution in [0.15, 0.2) is 34.1 Å². The molecule has 1 aromatic rings. The Balaban J connectivity index is 2.27. The number of carbonyl (C=O) groups is 1. The molecule has 0 saturated carbocycles. The fourth-order valence-corrected chi connectivity index (χ4v) is 5.58. The van der Waals surface area contributed by atoms with Crippen LogP contribution in [-0.2, 0) is 29.6 Å². The van der Waals surface area contributed by atoms with E-state index in [4.69, 9.17) is 4.74 Å². The molecule has 2 rings (SSSR count). The van der Waals surface area contributed by atoms with Crippen molar-refractivity contribution in [2.75, 3.05) is 53.5 Å². The number of hydrogen-bond donors (Lipinski definition) is 0. The zero-order chi connectivity index (χ0) is 20.9. The van der Waals surface area contributed by atoms with Crippen LogP contribution in [0, 0.1) is 0 Å². The number of ether oxygens (including phenoxy) is 1. The summed E-state index contributed by atoms with van der Waals surface area (Å²) < 4.78 is 58.8. The Labute approximate surface area is 167 Å². The predicted octanol–water partition coefficient (Wildman–Crippen LogP) is 0.196. The molecule has 1 aromatic carbocycles. The molecule has 158 valence electrons. The highest BCUT2D eigenvalue weighted by Gasteiger charge is 2.29. The molecule has 0 aliphatic carbocycles. The highest BCUT2D eigenvalue weighted by atomic mass is 32.2. The normalized spacial score (nSPS) is 16.3. The lowest BCUT2D eigenvalue weighted by molar-refractivity contribution is -0.128. The maximum absolute atomic E-state index is 12.9. The summed E-state index contributed by atoms with van der Waals surface area (Å²) in [6.45, 7) is 2.93. The molecule has 0 unspecified atom stereocenters. The van der Waals surface area contributed by atoms with Gasteiger partial charge in [0.25, 0.3) is 0 Å². The first-order valence-corrected chi connectivity index (χ1v) is 11.9. The van der Waals surface area contributed by atoms with Gasteiger partial charge < -0.3 is 9.64 Å². The fraction of sp³-hybridized carbons (Fsp3) is 0.588. The third kappa shape index (κ3) is 5.09. The molecule has 0 N–H and O–H groups in total. The molecule has 1 amide bonds. The van der Waals surface area contributed by atoms with Gasteiger partial charge in [0.1, 0.15) is 0 Å². The van der Waals surface area contributed by atoms with Gasteiger partial charge in [0.05, 0.1) is 29.5 Å². The first kappa shape index (κ1) is 22.8. The molecule has 1 saturated heterocycles. The number of sulfonamides is 2. The van der Waals surface area contributed by atoms with E-state index in [1.807, 2.05) is 6.92 Å². The summed E-state index contributed by atoms with van der Waals surface area (Å²) >= 11 is 0. The summed E-state index contributed by atoms with van der Waals surface area (Å²) in [6, 6.07) is 5.11. The predicted molar refractivity (Wildman–Crippen MR) is 104 cm³/mol. The molecule has 1 aliphatic heterocycles. The zero-order valence-corrected chi connectivity index (χ0v) is 18.0. The van der Waals surface area contributed by atoms with E-state index in [0.29, 0.717) is 19.6 Å². The quantitative estimate of drug-likeness (QED) is 0.580. The van der Waals surface area contributed by atoms with Gasteiger partial charge in [-0.3, -0.25) is 4.79 Å². The maximum Gasteiger partial charge on any atom is 0.243 e. The van der Waals surface area contributed by atoms with E-state index >= 15 is 0 Å². The summed E-state index contributed by atoms with van der Waals surface area (Å²) in [5.41, 5.74) is 0. The van der Waals surface area contributed by atoms with E-state index in [1.54, 1.807) is 14.1 Å². The van der Waals surface area contributed by atoms with Gasteiger partial charge in [0.15, 0.2) is 0 Å². The van der Waals surface area contributed by atoms with E-state index in [0.717, 1.165) is 4.31 Å². The number of morpholine rings is 1. The van der Waals surface area contributed by atoms with E-state index in [1.165, 1.54) is 33.5 Å². The number of amides is 1. The van der Waals surface area contributed by atoms with Crippen molar-refractivity contribution in [1.29, 1.82) is 0 Å². The standard InChI is InChI=1S/C17H27N3O6S2/c1-4-9-20(14-17(21)18(2)3)28(24,25)16-7-5-15(6-8-16)27(22,23)19-10-12-26-13-11-19/h5-8H,4,9-14H2,1-3H3. The number of rotatable bonds is 8. The lowest BCUT2D eigenvalue weighted by Gasteiger charge is -2.26. The van der Waals surface area contributed by atoms with Gasteiger partial charge in [0.2, 0.25) is 26.0 Å². The van der Waals surface area contributed by atoms with E-state index < -0.39 is 20.0 Å². The Hall–Kier alpha value is -1.53. The van der Waals surface area contributed by atoms with Gasteiger partial charge in [-0.15, -0.1) is 0 Å². The Morgan fingerprint density at radius 1 is 1.04 bits per heavy atom. The third-order valence-electron chi connectivity index (χ3n) is 4.35. The fourth-order valence-electron chi connectivity index (χ4n) is 2.69. The summed E-state index contributed by atoms with van der Waals surface area (Å²) in [6.07, 6.45) is 0.545. The Kier molecular flexibility index (Phi) is 7.57. The lowest BCUT2D eigenvalue weighted by Crippen LogP contribution is -2.41. The van der Waals surface area contributed by atoms with Crippen molar-refractivity contribution >= 4 is 26.0 Å². The van der Waals surface area contributed by atoms with Crippen LogP contribution in [0.3, 0.4) is 0 Å². The topological polar surface area (TPSA) is 104 Å². The molecule has 11 heteroatoms. The van der Waals surface area contributed by atoms with Crippen LogP contribution in [-0.4, -0.2) is 89.7 Å². The molecule has 1 aliphatic rings. The van der Waals surface area contributed by atoms with Crippen molar-refractivity contribution in [1.82, 2.24) is 13.5 Å². The molecular formula is C17H27N3O6S2. The largest absolute Gasteiger partial charge is 0.379 e. The van der Waals surface area contributed by atoms with Gasteiger partial charge in [-0.1, -0.05) is 6.92 Å². The monoisotopic (exact) mass is 433 g/mol. The average Bonchev–Trinajstić information content (AvgIpc) is 2.68. The summed E-state index contributed by atoms with van der Waals surface area (Å²) in [4.78, 5) is 13.3. The van der Waals surface area contributed by atoms with Crippen molar-refractivity contribution < 1.29 is 26.4 Å². The number of hydrogen-bond acceptors (Lipinski definition) is 6. The van der Waals surface area contributed by atoms with Crippen LogP contribution < -0.4 is 0 Å². The molecule has 1 fully saturated rings. The molecule has 9 nitrogen and oxygen atoms in total. The molecule has 0 aromatic heterocycles. The van der Waals surface area contributed by atoms with Crippen molar-refractivity contribution in [3.8, 4) is 0 Å². The highest BCUT2D eigenvalue weighted by Crippen LogP contribution is 2.22. The minimum Gasteiger partial charge on any atom is -0.379 e. The molecule has 0 radical (unpaired) electrons. The first-order valence-electron chi connectivity index (χ1n) is 8.99. The van der Waals surface area contributed by atoms with Crippen molar-refractivity contribution in [3.63, 3.8) is 0 Å². The van der Waals surface area contributed by atoms with Crippen LogP contribution in [0.5, 0.6) is 0 Å². The Bertz CT molecular complexity index is 876. The summed E-state index contributed by atoms with van der Waals surface area (Å²) in [5.74, 6) is -0.330. The molecule has 0 atom stereocenters. The van der Waals surface area contributed by atoms with Crippen LogP contribution in [0.1, 0.15) is 13.3 Å². The number of carbonyl (C=O) groups excluding carboxylic acids is 1. The minimum atomic E-state index is -3.92. The van der Waals surface area contributed by atoms with Gasteiger partial charge in [-0.05, 0) is 30.7 Å². The van der Waals surface area contributed by atoms with Gasteiger partial charge in [-0.2, -0.15) is 8.61 Å². The Morgan fingerprint density at radius 2 is 1.57 bits per heavy atom. The van der Waals surface area contributed by atoms with Crippen LogP contribution >= 0.6 is 0 Å². The van der Waals surface area contributed by atoms with Crippen molar-refractivity contribution in [2.24, 2.45) is 0 Å². The number of likely N-dealkylation sites (N-methyl/N-ethyl adjacent to an activating group) is 1. The second kappa shape index (κ2) is 9.31. The maximum atomic E-state index is 12.9. The van der Waals surface area contributed by atoms with E-state index in [-0.39, 0.29) is 41.9 Å². The van der Waals surface area contributed by atoms with E-state index in [2.05, 4.69) is 0 Å². The summed E-state index contributed by atoms with van der Waals surface area (Å²) in [7, 11) is -4.50. The van der Waals surface area contributed by atoms with Gasteiger partial charge >= 0.3 is 0 Å². The van der Waals surface area contributed by atoms with Crippen LogP contribution in [0.25, 0.3) is 0 Å². The lowest BCUT2D eigenvalue weighted by atomic mass is 10.4. The highest BCUT2D eigenvalue weighted by molar-refractivity contribution is 7.89. The van der Waals surface area contributed by atoms with Crippen molar-refractivity contribution in [3.05, 3.63) is 24.3 Å². The van der Waals surface area contributed by atoms with Crippen molar-refractivity contribution in [2.45, 2.75) is 23.1 Å². The third-order valence-corrected chi connectivity index (χ3v) is 8.13. The first-order chi connectivity index (χ1) is 13.1.